The highest BCUT2D eigenvalue weighted by Crippen LogP contribution is 2.35. The van der Waals surface area contributed by atoms with Gasteiger partial charge in [0.2, 0.25) is 0 Å². The first-order valence-electron chi connectivity index (χ1n) is 16.2. The minimum atomic E-state index is -1.82. The number of benzene rings is 2. The van der Waals surface area contributed by atoms with Crippen LogP contribution in [0.2, 0.25) is 0 Å². The van der Waals surface area contributed by atoms with Crippen molar-refractivity contribution >= 4 is 59.1 Å². The molecule has 0 aromatic heterocycles. The minimum absolute atomic E-state index is 0.284. The maximum atomic E-state index is 10.6. The van der Waals surface area contributed by atoms with E-state index in [0.29, 0.717) is 0 Å². The van der Waals surface area contributed by atoms with Gasteiger partial charge in [0.25, 0.3) is 0 Å². The summed E-state index contributed by atoms with van der Waals surface area (Å²) in [5, 5.41) is 69.7. The number of aliphatic carboxylic acids is 8. The van der Waals surface area contributed by atoms with Crippen LogP contribution in [0.15, 0.2) is 48.5 Å². The van der Waals surface area contributed by atoms with Crippen LogP contribution in [0.5, 0.6) is 0 Å². The Morgan fingerprint density at radius 2 is 0.945 bits per heavy atom. The molecule has 21 nitrogen and oxygen atoms in total. The van der Waals surface area contributed by atoms with E-state index >= 15 is 0 Å². The molecule has 2 aromatic carbocycles. The van der Waals surface area contributed by atoms with Crippen LogP contribution in [0.1, 0.15) is 17.5 Å². The van der Waals surface area contributed by atoms with Crippen molar-refractivity contribution in [1.82, 2.24) is 14.7 Å². The van der Waals surface area contributed by atoms with E-state index in [1.54, 1.807) is 0 Å². The summed E-state index contributed by atoms with van der Waals surface area (Å²) in [6, 6.07) is 17.7. The van der Waals surface area contributed by atoms with Crippen LogP contribution >= 0.6 is 0 Å². The van der Waals surface area contributed by atoms with Gasteiger partial charge < -0.3 is 60.7 Å². The number of hydrogen-bond acceptors (Lipinski definition) is 13. The zero-order chi connectivity index (χ0) is 42.2. The summed E-state index contributed by atoms with van der Waals surface area (Å²) in [6.45, 7) is 7.82. The number of piperazine rings is 1. The van der Waals surface area contributed by atoms with Crippen LogP contribution in [0.25, 0.3) is 0 Å². The first-order chi connectivity index (χ1) is 25.7. The molecule has 1 unspecified atom stereocenters. The number of nitrogens with zero attached hydrogens (tertiary/aromatic N) is 4. The predicted molar refractivity (Wildman–Crippen MR) is 190 cm³/mol. The maximum Gasteiger partial charge on any atom is 0.414 e. The number of carboxylic acids is 8. The van der Waals surface area contributed by atoms with Gasteiger partial charge in [0.15, 0.2) is 0 Å². The van der Waals surface area contributed by atoms with Crippen molar-refractivity contribution in [2.24, 2.45) is 0 Å². The molecule has 9 N–H and O–H groups in total. The Bertz CT molecular complexity index is 1420. The third-order valence-electron chi connectivity index (χ3n) is 7.47. The van der Waals surface area contributed by atoms with Gasteiger partial charge in [-0.25, -0.2) is 38.4 Å². The van der Waals surface area contributed by atoms with E-state index in [1.807, 2.05) is 0 Å². The Morgan fingerprint density at radius 3 is 1.29 bits per heavy atom. The number of aliphatic hydroxyl groups excluding tert-OH is 1. The van der Waals surface area contributed by atoms with Crippen LogP contribution in [-0.2, 0) is 51.2 Å². The molecule has 2 aliphatic rings. The average Bonchev–Trinajstić information content (AvgIpc) is 3.27. The van der Waals surface area contributed by atoms with E-state index in [4.69, 9.17) is 79.2 Å². The number of carbonyl (C=O) groups is 8. The summed E-state index contributed by atoms with van der Waals surface area (Å²) in [7, 11) is 4.31. The lowest BCUT2D eigenvalue weighted by molar-refractivity contribution is -0.159. The van der Waals surface area contributed by atoms with Crippen molar-refractivity contribution < 1.29 is 84.3 Å². The van der Waals surface area contributed by atoms with E-state index in [2.05, 4.69) is 82.2 Å². The summed E-state index contributed by atoms with van der Waals surface area (Å²) in [5.74, 6) is -14.6. The molecular weight excluding hydrogens is 736 g/mol. The topological polar surface area (TPSA) is 332 Å². The van der Waals surface area contributed by atoms with Gasteiger partial charge in [-0.2, -0.15) is 0 Å². The second-order valence-electron chi connectivity index (χ2n) is 11.7. The van der Waals surface area contributed by atoms with Gasteiger partial charge in [0.1, 0.15) is 0 Å². The number of anilines is 2. The van der Waals surface area contributed by atoms with Crippen LogP contribution in [-0.4, -0.2) is 181 Å². The number of aryl methyl sites for hydroxylation is 2. The second-order valence-corrected chi connectivity index (χ2v) is 11.7. The first kappa shape index (κ1) is 48.8. The van der Waals surface area contributed by atoms with Crippen LogP contribution < -0.4 is 4.90 Å². The summed E-state index contributed by atoms with van der Waals surface area (Å²) >= 11 is 0. The largest absolute Gasteiger partial charge is 0.473 e. The fraction of sp³-hybridized carbons (Fsp3) is 0.412. The molecule has 4 rings (SSSR count). The summed E-state index contributed by atoms with van der Waals surface area (Å²) < 4.78 is 0. The van der Waals surface area contributed by atoms with E-state index in [9.17, 15) is 5.11 Å². The normalized spacial score (nSPS) is 13.6. The highest BCUT2D eigenvalue weighted by molar-refractivity contribution is 6.28. The molecule has 0 saturated carbocycles. The van der Waals surface area contributed by atoms with Gasteiger partial charge in [0, 0.05) is 57.2 Å². The fourth-order valence-corrected chi connectivity index (χ4v) is 4.95. The van der Waals surface area contributed by atoms with Crippen molar-refractivity contribution in [3.63, 3.8) is 0 Å². The first-order valence-corrected chi connectivity index (χ1v) is 16.2. The lowest BCUT2D eigenvalue weighted by Crippen LogP contribution is -2.48. The molecule has 304 valence electrons. The van der Waals surface area contributed by atoms with E-state index in [-0.39, 0.29) is 6.10 Å². The van der Waals surface area contributed by atoms with Gasteiger partial charge >= 0.3 is 47.8 Å². The SMILES string of the molecule is CN1CCN(CC(O)CN(C)CCCN2c3ccccc3CCc3ccccc32)CC1.O=C(O)C(=O)O.O=C(O)C(=O)O.O=C(O)C(=O)O.O=C(O)C(=O)O. The molecule has 0 bridgehead atoms. The molecule has 0 amide bonds. The standard InChI is InChI=1S/C26H38N4O.4C2H2O4/c1-27-16-18-29(19-17-27)21-24(31)20-28(2)14-7-15-30-25-10-5-3-8-22(25)12-13-23-9-4-6-11-26(23)30;4*3-1(4)2(5)6/h3-6,8-11,24,31H,7,12-21H2,1-2H3;4*(H,3,4)(H,5,6). The summed E-state index contributed by atoms with van der Waals surface area (Å²) in [4.78, 5) is 82.3. The quantitative estimate of drug-likeness (QED) is 0.152. The number of fused-ring (bicyclic) bond motifs is 2. The average molecular weight is 783 g/mol. The third kappa shape index (κ3) is 21.2. The number of carboxylic acid groups (broad SMARTS) is 8. The van der Waals surface area contributed by atoms with Gasteiger partial charge in [-0.1, -0.05) is 36.4 Å². The predicted octanol–water partition coefficient (Wildman–Crippen LogP) is -0.524. The summed E-state index contributed by atoms with van der Waals surface area (Å²) in [5.41, 5.74) is 5.58. The Hall–Kier alpha value is -6.16. The Kier molecular flexibility index (Phi) is 22.9. The zero-order valence-electron chi connectivity index (χ0n) is 30.1. The number of likely N-dealkylation sites (N-methyl/N-ethyl adjacent to an activating group) is 2. The van der Waals surface area contributed by atoms with Gasteiger partial charge in [0.05, 0.1) is 6.10 Å². The molecule has 2 heterocycles. The van der Waals surface area contributed by atoms with Gasteiger partial charge in [-0.3, -0.25) is 4.90 Å². The van der Waals surface area contributed by atoms with Crippen molar-refractivity contribution in [3.05, 3.63) is 59.7 Å². The monoisotopic (exact) mass is 782 g/mol. The molecule has 21 heteroatoms. The molecule has 0 spiro atoms. The molecule has 1 saturated heterocycles. The number of rotatable bonds is 8. The number of hydrogen-bond donors (Lipinski definition) is 9. The van der Waals surface area contributed by atoms with Gasteiger partial charge in [-0.05, 0) is 63.2 Å². The second kappa shape index (κ2) is 25.8. The Labute approximate surface area is 314 Å². The molecule has 2 aliphatic heterocycles. The van der Waals surface area contributed by atoms with Crippen LogP contribution in [0.4, 0.5) is 11.4 Å². The zero-order valence-corrected chi connectivity index (χ0v) is 30.1. The third-order valence-corrected chi connectivity index (χ3v) is 7.47. The summed E-state index contributed by atoms with van der Waals surface area (Å²) in [6.07, 6.45) is 2.98. The van der Waals surface area contributed by atoms with Crippen molar-refractivity contribution in [3.8, 4) is 0 Å². The number of β-amino-alcohol motifs (C(OH)–C–C–N with tert-alkyl or cyclic N) is 1. The Morgan fingerprint density at radius 1 is 0.600 bits per heavy atom. The highest BCUT2D eigenvalue weighted by Gasteiger charge is 2.21. The Balaban J connectivity index is 0.000000985. The smallest absolute Gasteiger partial charge is 0.414 e. The van der Waals surface area contributed by atoms with E-state index < -0.39 is 47.8 Å². The number of aliphatic hydroxyl groups is 1. The molecular formula is C34H46N4O17. The van der Waals surface area contributed by atoms with E-state index in [0.717, 1.165) is 71.6 Å². The van der Waals surface area contributed by atoms with Crippen LogP contribution in [0.3, 0.4) is 0 Å². The molecule has 2 aromatic rings. The van der Waals surface area contributed by atoms with E-state index in [1.165, 1.54) is 22.5 Å². The maximum absolute atomic E-state index is 10.6. The lowest BCUT2D eigenvalue weighted by Gasteiger charge is -2.34. The van der Waals surface area contributed by atoms with Crippen LogP contribution in [0, 0.1) is 0 Å². The fourth-order valence-electron chi connectivity index (χ4n) is 4.95. The molecule has 1 fully saturated rings. The van der Waals surface area contributed by atoms with Gasteiger partial charge in [-0.15, -0.1) is 0 Å². The highest BCUT2D eigenvalue weighted by atomic mass is 16.5. The molecule has 0 radical (unpaired) electrons. The molecule has 0 aliphatic carbocycles. The molecule has 1 atom stereocenters. The lowest BCUT2D eigenvalue weighted by atomic mass is 10.0. The van der Waals surface area contributed by atoms with Crippen molar-refractivity contribution in [2.45, 2.75) is 25.4 Å². The molecule has 55 heavy (non-hydrogen) atoms. The van der Waals surface area contributed by atoms with Crippen molar-refractivity contribution in [1.29, 1.82) is 0 Å². The minimum Gasteiger partial charge on any atom is -0.473 e. The van der Waals surface area contributed by atoms with Crippen molar-refractivity contribution in [2.75, 3.05) is 71.4 Å². The number of para-hydroxylation sites is 2.